The van der Waals surface area contributed by atoms with E-state index in [1.165, 1.54) is 19.2 Å². The maximum atomic E-state index is 12.9. The van der Waals surface area contributed by atoms with Crippen molar-refractivity contribution in [1.82, 2.24) is 14.7 Å². The normalized spacial score (nSPS) is 20.5. The van der Waals surface area contributed by atoms with Crippen LogP contribution in [0.1, 0.15) is 23.2 Å². The molecule has 3 rings (SSSR count). The lowest BCUT2D eigenvalue weighted by Gasteiger charge is -2.37. The fourth-order valence-corrected chi connectivity index (χ4v) is 3.79. The van der Waals surface area contributed by atoms with Gasteiger partial charge in [0.15, 0.2) is 11.5 Å². The smallest absolute Gasteiger partial charge is 0.387 e. The van der Waals surface area contributed by atoms with E-state index in [0.29, 0.717) is 26.2 Å². The van der Waals surface area contributed by atoms with Gasteiger partial charge in [-0.3, -0.25) is 14.5 Å². The monoisotopic (exact) mass is 397 g/mol. The van der Waals surface area contributed by atoms with Gasteiger partial charge in [0, 0.05) is 26.2 Å². The maximum absolute atomic E-state index is 12.9. The van der Waals surface area contributed by atoms with Crippen molar-refractivity contribution >= 4 is 11.8 Å². The molecule has 9 heteroatoms. The first-order valence-electron chi connectivity index (χ1n) is 9.32. The molecule has 0 aromatic heterocycles. The predicted octanol–water partition coefficient (Wildman–Crippen LogP) is 1.68. The van der Waals surface area contributed by atoms with Crippen molar-refractivity contribution in [1.29, 1.82) is 0 Å². The van der Waals surface area contributed by atoms with Gasteiger partial charge in [-0.05, 0) is 38.6 Å². The number of rotatable bonds is 5. The molecule has 154 valence electrons. The Bertz CT molecular complexity index is 723. The number of likely N-dealkylation sites (N-methyl/N-ethyl adjacent to an activating group) is 1. The molecule has 0 spiro atoms. The van der Waals surface area contributed by atoms with E-state index in [1.54, 1.807) is 15.9 Å². The molecule has 0 aliphatic carbocycles. The Hall–Kier alpha value is -2.42. The molecule has 0 N–H and O–H groups in total. The summed E-state index contributed by atoms with van der Waals surface area (Å²) >= 11 is 0. The number of benzene rings is 1. The van der Waals surface area contributed by atoms with Crippen molar-refractivity contribution in [3.8, 4) is 11.5 Å². The van der Waals surface area contributed by atoms with E-state index >= 15 is 0 Å². The summed E-state index contributed by atoms with van der Waals surface area (Å²) in [6, 6.07) is 4.36. The minimum atomic E-state index is -3.07. The Morgan fingerprint density at radius 3 is 2.36 bits per heavy atom. The van der Waals surface area contributed by atoms with Crippen molar-refractivity contribution < 1.29 is 27.8 Å². The molecule has 0 radical (unpaired) electrons. The van der Waals surface area contributed by atoms with Gasteiger partial charge in [0.1, 0.15) is 0 Å². The van der Waals surface area contributed by atoms with Gasteiger partial charge in [-0.25, -0.2) is 0 Å². The molecule has 0 saturated carbocycles. The van der Waals surface area contributed by atoms with Gasteiger partial charge in [0.05, 0.1) is 18.7 Å². The molecule has 1 unspecified atom stereocenters. The molecule has 7 nitrogen and oxygen atoms in total. The van der Waals surface area contributed by atoms with Gasteiger partial charge in [-0.1, -0.05) is 6.07 Å². The Balaban J connectivity index is 1.68. The van der Waals surface area contributed by atoms with Crippen LogP contribution in [0.3, 0.4) is 0 Å². The lowest BCUT2D eigenvalue weighted by atomic mass is 10.1. The molecule has 1 aromatic carbocycles. The van der Waals surface area contributed by atoms with E-state index in [9.17, 15) is 18.4 Å². The summed E-state index contributed by atoms with van der Waals surface area (Å²) in [6.45, 7) is -0.634. The molecular formula is C19H25F2N3O4. The second kappa shape index (κ2) is 8.72. The van der Waals surface area contributed by atoms with Crippen LogP contribution in [0.4, 0.5) is 8.78 Å². The summed E-state index contributed by atoms with van der Waals surface area (Å²) in [7, 11) is 3.27. The van der Waals surface area contributed by atoms with Crippen LogP contribution in [-0.2, 0) is 4.79 Å². The molecule has 1 aromatic rings. The summed E-state index contributed by atoms with van der Waals surface area (Å²) in [4.78, 5) is 31.0. The lowest BCUT2D eigenvalue weighted by molar-refractivity contribution is -0.137. The highest BCUT2D eigenvalue weighted by Crippen LogP contribution is 2.33. The van der Waals surface area contributed by atoms with E-state index in [-0.39, 0.29) is 29.0 Å². The summed E-state index contributed by atoms with van der Waals surface area (Å²) in [5, 5.41) is 0. The highest BCUT2D eigenvalue weighted by molar-refractivity contribution is 5.98. The van der Waals surface area contributed by atoms with Crippen LogP contribution >= 0.6 is 0 Å². The zero-order valence-electron chi connectivity index (χ0n) is 16.1. The van der Waals surface area contributed by atoms with Crippen molar-refractivity contribution in [3.63, 3.8) is 0 Å². The Morgan fingerprint density at radius 2 is 1.79 bits per heavy atom. The summed E-state index contributed by atoms with van der Waals surface area (Å²) in [5.41, 5.74) is 0.0231. The van der Waals surface area contributed by atoms with Crippen LogP contribution in [0.2, 0.25) is 0 Å². The zero-order chi connectivity index (χ0) is 20.3. The van der Waals surface area contributed by atoms with Crippen molar-refractivity contribution in [2.24, 2.45) is 0 Å². The standard InChI is InChI=1S/C19H25F2N3O4/c1-22-8-4-6-14(22)18(26)24-11-9-23(10-12-24)17(25)13-5-3-7-15(27-2)16(13)28-19(20)21/h3,5,7,14,19H,4,6,8-12H2,1-2H3. The Morgan fingerprint density at radius 1 is 1.11 bits per heavy atom. The molecule has 2 aliphatic rings. The highest BCUT2D eigenvalue weighted by Gasteiger charge is 2.34. The van der Waals surface area contributed by atoms with E-state index < -0.39 is 12.5 Å². The van der Waals surface area contributed by atoms with Gasteiger partial charge in [-0.15, -0.1) is 0 Å². The van der Waals surface area contributed by atoms with Gasteiger partial charge >= 0.3 is 6.61 Å². The number of amides is 2. The molecular weight excluding hydrogens is 372 g/mol. The minimum Gasteiger partial charge on any atom is -0.493 e. The number of likely N-dealkylation sites (tertiary alicyclic amines) is 1. The van der Waals surface area contributed by atoms with Crippen molar-refractivity contribution in [2.75, 3.05) is 46.9 Å². The van der Waals surface area contributed by atoms with Crippen molar-refractivity contribution in [2.45, 2.75) is 25.5 Å². The number of nitrogens with zero attached hydrogens (tertiary/aromatic N) is 3. The number of alkyl halides is 2. The zero-order valence-corrected chi connectivity index (χ0v) is 16.1. The first-order chi connectivity index (χ1) is 13.4. The number of piperazine rings is 1. The van der Waals surface area contributed by atoms with Crippen LogP contribution in [0.25, 0.3) is 0 Å². The number of carbonyl (C=O) groups is 2. The summed E-state index contributed by atoms with van der Waals surface area (Å²) in [6.07, 6.45) is 1.86. The topological polar surface area (TPSA) is 62.3 Å². The molecule has 2 saturated heterocycles. The molecule has 1 atom stereocenters. The fraction of sp³-hybridized carbons (Fsp3) is 0.579. The molecule has 2 fully saturated rings. The van der Waals surface area contributed by atoms with E-state index in [1.807, 2.05) is 7.05 Å². The first kappa shape index (κ1) is 20.3. The summed E-state index contributed by atoms with van der Waals surface area (Å²) in [5.74, 6) is -0.518. The van der Waals surface area contributed by atoms with Gasteiger partial charge < -0.3 is 19.3 Å². The molecule has 2 heterocycles. The third-order valence-electron chi connectivity index (χ3n) is 5.32. The average Bonchev–Trinajstić information content (AvgIpc) is 3.12. The van der Waals surface area contributed by atoms with Crippen LogP contribution in [0.15, 0.2) is 18.2 Å². The van der Waals surface area contributed by atoms with Crippen LogP contribution < -0.4 is 9.47 Å². The second-order valence-electron chi connectivity index (χ2n) is 6.97. The van der Waals surface area contributed by atoms with E-state index in [2.05, 4.69) is 9.64 Å². The maximum Gasteiger partial charge on any atom is 0.387 e. The van der Waals surface area contributed by atoms with Crippen LogP contribution in [-0.4, -0.2) is 86.0 Å². The van der Waals surface area contributed by atoms with Gasteiger partial charge in [0.25, 0.3) is 5.91 Å². The number of ether oxygens (including phenoxy) is 2. The lowest BCUT2D eigenvalue weighted by Crippen LogP contribution is -2.54. The van der Waals surface area contributed by atoms with E-state index in [0.717, 1.165) is 19.4 Å². The van der Waals surface area contributed by atoms with E-state index in [4.69, 9.17) is 4.74 Å². The quantitative estimate of drug-likeness (QED) is 0.757. The minimum absolute atomic E-state index is 0.0231. The van der Waals surface area contributed by atoms with Crippen LogP contribution in [0, 0.1) is 0 Å². The number of carbonyl (C=O) groups excluding carboxylic acids is 2. The predicted molar refractivity (Wildman–Crippen MR) is 97.8 cm³/mol. The van der Waals surface area contributed by atoms with Crippen molar-refractivity contribution in [3.05, 3.63) is 23.8 Å². The van der Waals surface area contributed by atoms with Gasteiger partial charge in [-0.2, -0.15) is 8.78 Å². The third kappa shape index (κ3) is 4.19. The molecule has 0 bridgehead atoms. The first-order valence-corrected chi connectivity index (χ1v) is 9.32. The number of methoxy groups -OCH3 is 1. The third-order valence-corrected chi connectivity index (χ3v) is 5.32. The second-order valence-corrected chi connectivity index (χ2v) is 6.97. The number of halogens is 2. The molecule has 2 aliphatic heterocycles. The molecule has 28 heavy (non-hydrogen) atoms. The number of hydrogen-bond acceptors (Lipinski definition) is 5. The number of para-hydroxylation sites is 1. The average molecular weight is 397 g/mol. The van der Waals surface area contributed by atoms with Gasteiger partial charge in [0.2, 0.25) is 5.91 Å². The fourth-order valence-electron chi connectivity index (χ4n) is 3.79. The Kier molecular flexibility index (Phi) is 6.33. The Labute approximate surface area is 162 Å². The highest BCUT2D eigenvalue weighted by atomic mass is 19.3. The largest absolute Gasteiger partial charge is 0.493 e. The van der Waals surface area contributed by atoms with Crippen LogP contribution in [0.5, 0.6) is 11.5 Å². The SMILES string of the molecule is COc1cccc(C(=O)N2CCN(C(=O)C3CCCN3C)CC2)c1OC(F)F. The molecule has 2 amide bonds. The summed E-state index contributed by atoms with van der Waals surface area (Å²) < 4.78 is 35.2. The number of hydrogen-bond donors (Lipinski definition) is 0.